The Hall–Kier alpha value is -2.00. The van der Waals surface area contributed by atoms with Crippen LogP contribution in [0.15, 0.2) is 61.9 Å². The van der Waals surface area contributed by atoms with E-state index in [4.69, 9.17) is 34.8 Å². The number of imidazole rings is 1. The highest BCUT2D eigenvalue weighted by Gasteiger charge is 2.32. The second-order valence-electron chi connectivity index (χ2n) is 5.38. The monoisotopic (exact) mass is 388 g/mol. The fourth-order valence-corrected chi connectivity index (χ4v) is 3.47. The Morgan fingerprint density at radius 2 is 1.64 bits per heavy atom. The molecule has 0 spiro atoms. The maximum absolute atomic E-state index is 6.39. The van der Waals surface area contributed by atoms with Gasteiger partial charge in [-0.15, -0.1) is 0 Å². The first-order valence-corrected chi connectivity index (χ1v) is 8.69. The molecule has 25 heavy (non-hydrogen) atoms. The summed E-state index contributed by atoms with van der Waals surface area (Å²) in [6, 6.07) is 11.7. The minimum absolute atomic E-state index is 0.555. The second kappa shape index (κ2) is 7.09. The predicted octanol–water partition coefficient (Wildman–Crippen LogP) is 6.86. The van der Waals surface area contributed by atoms with E-state index in [1.54, 1.807) is 24.5 Å². The quantitative estimate of drug-likeness (QED) is 0.485. The molecule has 0 fully saturated rings. The van der Waals surface area contributed by atoms with Crippen molar-refractivity contribution in [2.24, 2.45) is 0 Å². The van der Waals surface area contributed by atoms with E-state index in [0.29, 0.717) is 11.4 Å². The summed E-state index contributed by atoms with van der Waals surface area (Å²) >= 11 is 19.2. The van der Waals surface area contributed by atoms with Crippen molar-refractivity contribution in [2.75, 3.05) is 0 Å². The van der Waals surface area contributed by atoms with Crippen LogP contribution in [0, 0.1) is 0 Å². The number of nitrogens with one attached hydrogen (secondary N) is 1. The zero-order valence-corrected chi connectivity index (χ0v) is 15.5. The van der Waals surface area contributed by atoms with Crippen LogP contribution in [0.2, 0.25) is 0 Å². The standard InChI is InChI=1S/C20H15Cl3N2/c1-3-13-7-5-6-8-15(13)16-10-9-14(4-2)17(18(16)20(21,22)23)19-24-11-12-25-19/h3-12H,1-2H2,(H,24,25). The lowest BCUT2D eigenvalue weighted by atomic mass is 9.90. The average Bonchev–Trinajstić information content (AvgIpc) is 3.14. The summed E-state index contributed by atoms with van der Waals surface area (Å²) in [5.74, 6) is 0.620. The Labute approximate surface area is 161 Å². The summed E-state index contributed by atoms with van der Waals surface area (Å²) in [6.45, 7) is 7.76. The molecular formula is C20H15Cl3N2. The van der Waals surface area contributed by atoms with E-state index >= 15 is 0 Å². The summed E-state index contributed by atoms with van der Waals surface area (Å²) in [5.41, 5.74) is 4.80. The van der Waals surface area contributed by atoms with Gasteiger partial charge in [0.25, 0.3) is 0 Å². The van der Waals surface area contributed by atoms with Crippen molar-refractivity contribution < 1.29 is 0 Å². The van der Waals surface area contributed by atoms with Crippen LogP contribution in [-0.4, -0.2) is 9.97 Å². The molecule has 0 aliphatic heterocycles. The van der Waals surface area contributed by atoms with Gasteiger partial charge in [-0.1, -0.05) is 96.5 Å². The Morgan fingerprint density at radius 3 is 2.24 bits per heavy atom. The van der Waals surface area contributed by atoms with Crippen molar-refractivity contribution in [3.8, 4) is 22.5 Å². The van der Waals surface area contributed by atoms with Crippen molar-refractivity contribution in [3.63, 3.8) is 0 Å². The molecule has 2 aromatic carbocycles. The molecule has 0 bridgehead atoms. The molecule has 0 radical (unpaired) electrons. The van der Waals surface area contributed by atoms with Crippen LogP contribution in [0.3, 0.4) is 0 Å². The summed E-state index contributed by atoms with van der Waals surface area (Å²) in [6.07, 6.45) is 6.90. The molecule has 3 aromatic rings. The highest BCUT2D eigenvalue weighted by Crippen LogP contribution is 2.49. The first-order valence-electron chi connectivity index (χ1n) is 7.55. The van der Waals surface area contributed by atoms with E-state index in [9.17, 15) is 0 Å². The van der Waals surface area contributed by atoms with Crippen LogP contribution in [0.25, 0.3) is 34.7 Å². The molecule has 0 atom stereocenters. The van der Waals surface area contributed by atoms with Crippen molar-refractivity contribution in [3.05, 3.63) is 78.6 Å². The Kier molecular flexibility index (Phi) is 5.05. The molecule has 3 rings (SSSR count). The van der Waals surface area contributed by atoms with Gasteiger partial charge in [-0.25, -0.2) is 4.98 Å². The van der Waals surface area contributed by atoms with E-state index in [2.05, 4.69) is 23.1 Å². The van der Waals surface area contributed by atoms with Crippen molar-refractivity contribution >= 4 is 47.0 Å². The first-order chi connectivity index (χ1) is 12.0. The maximum atomic E-state index is 6.39. The Morgan fingerprint density at radius 1 is 0.920 bits per heavy atom. The third-order valence-electron chi connectivity index (χ3n) is 3.95. The van der Waals surface area contributed by atoms with Crippen LogP contribution < -0.4 is 0 Å². The number of nitrogens with zero attached hydrogens (tertiary/aromatic N) is 1. The summed E-state index contributed by atoms with van der Waals surface area (Å²) in [7, 11) is 0. The number of aromatic amines is 1. The number of hydrogen-bond acceptors (Lipinski definition) is 1. The molecule has 0 unspecified atom stereocenters. The first kappa shape index (κ1) is 17.8. The molecule has 126 valence electrons. The summed E-state index contributed by atoms with van der Waals surface area (Å²) < 4.78 is -1.65. The number of alkyl halides is 3. The van der Waals surface area contributed by atoms with E-state index < -0.39 is 3.79 Å². The molecule has 2 nitrogen and oxygen atoms in total. The largest absolute Gasteiger partial charge is 0.345 e. The third kappa shape index (κ3) is 3.38. The van der Waals surface area contributed by atoms with Gasteiger partial charge >= 0.3 is 0 Å². The van der Waals surface area contributed by atoms with Crippen molar-refractivity contribution in [1.82, 2.24) is 9.97 Å². The van der Waals surface area contributed by atoms with Gasteiger partial charge < -0.3 is 4.98 Å². The van der Waals surface area contributed by atoms with Gasteiger partial charge in [0, 0.05) is 23.5 Å². The van der Waals surface area contributed by atoms with Gasteiger partial charge in [-0.3, -0.25) is 0 Å². The number of rotatable bonds is 4. The van der Waals surface area contributed by atoms with E-state index in [-0.39, 0.29) is 0 Å². The van der Waals surface area contributed by atoms with Crippen molar-refractivity contribution in [2.45, 2.75) is 3.79 Å². The van der Waals surface area contributed by atoms with Gasteiger partial charge in [0.05, 0.1) is 0 Å². The molecule has 0 amide bonds. The SMILES string of the molecule is C=Cc1ccccc1-c1ccc(C=C)c(-c2ncc[nH]2)c1C(Cl)(Cl)Cl. The molecular weight excluding hydrogens is 375 g/mol. The zero-order chi connectivity index (χ0) is 18.0. The van der Waals surface area contributed by atoms with E-state index in [0.717, 1.165) is 27.8 Å². The second-order valence-corrected chi connectivity index (χ2v) is 7.66. The Bertz CT molecular complexity index is 923. The minimum atomic E-state index is -1.65. The van der Waals surface area contributed by atoms with Crippen LogP contribution in [0.5, 0.6) is 0 Å². The molecule has 0 aliphatic carbocycles. The summed E-state index contributed by atoms with van der Waals surface area (Å²) in [5, 5.41) is 0. The van der Waals surface area contributed by atoms with Crippen LogP contribution in [0.1, 0.15) is 16.7 Å². The van der Waals surface area contributed by atoms with Crippen LogP contribution in [0.4, 0.5) is 0 Å². The lowest BCUT2D eigenvalue weighted by molar-refractivity contribution is 1.20. The molecule has 1 aromatic heterocycles. The molecule has 1 N–H and O–H groups in total. The number of H-pyrrole nitrogens is 1. The minimum Gasteiger partial charge on any atom is -0.345 e. The molecule has 1 heterocycles. The van der Waals surface area contributed by atoms with E-state index in [1.807, 2.05) is 36.4 Å². The lowest BCUT2D eigenvalue weighted by Gasteiger charge is -2.23. The van der Waals surface area contributed by atoms with Gasteiger partial charge in [0.15, 0.2) is 0 Å². The van der Waals surface area contributed by atoms with Gasteiger partial charge in [-0.2, -0.15) is 0 Å². The molecule has 0 saturated carbocycles. The normalized spacial score (nSPS) is 11.3. The van der Waals surface area contributed by atoms with Gasteiger partial charge in [0.1, 0.15) is 5.82 Å². The fraction of sp³-hybridized carbons (Fsp3) is 0.0500. The maximum Gasteiger partial charge on any atom is 0.217 e. The Balaban J connectivity index is 2.44. The average molecular weight is 390 g/mol. The molecule has 5 heteroatoms. The number of halogens is 3. The highest BCUT2D eigenvalue weighted by molar-refractivity contribution is 6.67. The highest BCUT2D eigenvalue weighted by atomic mass is 35.6. The van der Waals surface area contributed by atoms with Crippen LogP contribution >= 0.6 is 34.8 Å². The predicted molar refractivity (Wildman–Crippen MR) is 109 cm³/mol. The number of aromatic nitrogens is 2. The topological polar surface area (TPSA) is 28.7 Å². The van der Waals surface area contributed by atoms with E-state index in [1.165, 1.54) is 0 Å². The molecule has 0 aliphatic rings. The lowest BCUT2D eigenvalue weighted by Crippen LogP contribution is -2.08. The third-order valence-corrected chi connectivity index (χ3v) is 4.51. The number of benzene rings is 2. The molecule has 0 saturated heterocycles. The fourth-order valence-electron chi connectivity index (χ4n) is 2.89. The number of hydrogen-bond donors (Lipinski definition) is 1. The summed E-state index contributed by atoms with van der Waals surface area (Å²) in [4.78, 5) is 7.44. The van der Waals surface area contributed by atoms with Crippen LogP contribution in [-0.2, 0) is 3.79 Å². The van der Waals surface area contributed by atoms with Crippen molar-refractivity contribution in [1.29, 1.82) is 0 Å². The zero-order valence-electron chi connectivity index (χ0n) is 13.3. The van der Waals surface area contributed by atoms with Gasteiger partial charge in [-0.05, 0) is 22.3 Å². The van der Waals surface area contributed by atoms with Gasteiger partial charge in [0.2, 0.25) is 3.79 Å². The smallest absolute Gasteiger partial charge is 0.217 e.